The van der Waals surface area contributed by atoms with Gasteiger partial charge in [0.15, 0.2) is 0 Å². The Bertz CT molecular complexity index is 198. The average Bonchev–Trinajstić information content (AvgIpc) is 3.02. The molecule has 1 fully saturated rings. The van der Waals surface area contributed by atoms with Gasteiger partial charge in [-0.05, 0) is 25.2 Å². The first kappa shape index (κ1) is 12.5. The molecule has 3 N–H and O–H groups in total. The molecular formula is C12H24N2O. The molecule has 0 aromatic carbocycles. The van der Waals surface area contributed by atoms with Crippen LogP contribution in [0.5, 0.6) is 0 Å². The smallest absolute Gasteiger partial charge is 0.224 e. The van der Waals surface area contributed by atoms with E-state index in [4.69, 9.17) is 5.73 Å². The van der Waals surface area contributed by atoms with Crippen molar-refractivity contribution in [1.29, 1.82) is 0 Å². The van der Waals surface area contributed by atoms with E-state index in [1.807, 2.05) is 6.92 Å². The molecule has 15 heavy (non-hydrogen) atoms. The topological polar surface area (TPSA) is 55.1 Å². The van der Waals surface area contributed by atoms with Gasteiger partial charge in [0.1, 0.15) is 0 Å². The number of amides is 1. The fourth-order valence-electron chi connectivity index (χ4n) is 1.86. The van der Waals surface area contributed by atoms with E-state index in [0.29, 0.717) is 12.6 Å². The predicted octanol–water partition coefficient (Wildman–Crippen LogP) is 1.67. The molecule has 1 amide bonds. The van der Waals surface area contributed by atoms with Crippen LogP contribution in [0, 0.1) is 11.8 Å². The van der Waals surface area contributed by atoms with E-state index >= 15 is 0 Å². The molecule has 0 aliphatic heterocycles. The Kier molecular flexibility index (Phi) is 5.09. The number of rotatable bonds is 7. The van der Waals surface area contributed by atoms with Crippen LogP contribution in [0.3, 0.4) is 0 Å². The lowest BCUT2D eigenvalue weighted by Crippen LogP contribution is -2.41. The lowest BCUT2D eigenvalue weighted by molar-refractivity contribution is -0.125. The first-order chi connectivity index (χ1) is 7.21. The second-order valence-corrected chi connectivity index (χ2v) is 4.63. The van der Waals surface area contributed by atoms with E-state index in [0.717, 1.165) is 25.2 Å². The van der Waals surface area contributed by atoms with Crippen molar-refractivity contribution in [3.63, 3.8) is 0 Å². The zero-order valence-electron chi connectivity index (χ0n) is 9.96. The summed E-state index contributed by atoms with van der Waals surface area (Å²) in [6.45, 7) is 4.61. The lowest BCUT2D eigenvalue weighted by atomic mass is 10.0. The molecule has 3 heteroatoms. The van der Waals surface area contributed by atoms with Gasteiger partial charge in [-0.3, -0.25) is 4.79 Å². The van der Waals surface area contributed by atoms with Crippen molar-refractivity contribution < 1.29 is 4.79 Å². The minimum absolute atomic E-state index is 0.00162. The zero-order chi connectivity index (χ0) is 11.3. The summed E-state index contributed by atoms with van der Waals surface area (Å²) < 4.78 is 0. The second-order valence-electron chi connectivity index (χ2n) is 4.63. The van der Waals surface area contributed by atoms with Gasteiger partial charge >= 0.3 is 0 Å². The Morgan fingerprint density at radius 3 is 2.47 bits per heavy atom. The van der Waals surface area contributed by atoms with Crippen LogP contribution in [0.1, 0.15) is 46.0 Å². The number of carbonyl (C=O) groups is 1. The van der Waals surface area contributed by atoms with Gasteiger partial charge in [-0.25, -0.2) is 0 Å². The van der Waals surface area contributed by atoms with Gasteiger partial charge in [0, 0.05) is 18.5 Å². The van der Waals surface area contributed by atoms with E-state index in [1.165, 1.54) is 12.8 Å². The summed E-state index contributed by atoms with van der Waals surface area (Å²) in [5, 5.41) is 3.12. The van der Waals surface area contributed by atoms with Crippen molar-refractivity contribution >= 4 is 5.91 Å². The van der Waals surface area contributed by atoms with E-state index in [-0.39, 0.29) is 11.8 Å². The second kappa shape index (κ2) is 6.11. The molecule has 88 valence electrons. The molecule has 2 atom stereocenters. The third-order valence-corrected chi connectivity index (χ3v) is 3.30. The summed E-state index contributed by atoms with van der Waals surface area (Å²) in [6, 6.07) is 0.366. The molecule has 0 saturated heterocycles. The van der Waals surface area contributed by atoms with Gasteiger partial charge in [0.25, 0.3) is 0 Å². The normalized spacial score (nSPS) is 19.7. The van der Waals surface area contributed by atoms with Gasteiger partial charge in [-0.2, -0.15) is 0 Å². The lowest BCUT2D eigenvalue weighted by Gasteiger charge is -2.20. The quantitative estimate of drug-likeness (QED) is 0.674. The maximum atomic E-state index is 11.8. The van der Waals surface area contributed by atoms with Gasteiger partial charge in [0.05, 0.1) is 0 Å². The molecule has 2 unspecified atom stereocenters. The highest BCUT2D eigenvalue weighted by Crippen LogP contribution is 2.34. The third kappa shape index (κ3) is 4.20. The van der Waals surface area contributed by atoms with Gasteiger partial charge in [0.2, 0.25) is 5.91 Å². The van der Waals surface area contributed by atoms with Crippen LogP contribution in [0.4, 0.5) is 0 Å². The molecule has 0 bridgehead atoms. The van der Waals surface area contributed by atoms with Crippen LogP contribution < -0.4 is 11.1 Å². The van der Waals surface area contributed by atoms with E-state index < -0.39 is 0 Å². The number of nitrogens with one attached hydrogen (secondary N) is 1. The van der Waals surface area contributed by atoms with Crippen molar-refractivity contribution in [2.45, 2.75) is 52.0 Å². The molecule has 0 aromatic heterocycles. The number of carbonyl (C=O) groups excluding carboxylic acids is 1. The summed E-state index contributed by atoms with van der Waals surface area (Å²) in [6.07, 6.45) is 5.72. The standard InChI is InChI=1S/C12H24N2O/c1-3-10(8-13)12(15)14-11(4-2)7-9-5-6-9/h9-11H,3-8,13H2,1-2H3,(H,14,15). The molecule has 1 saturated carbocycles. The van der Waals surface area contributed by atoms with Gasteiger partial charge < -0.3 is 11.1 Å². The first-order valence-corrected chi connectivity index (χ1v) is 6.21. The zero-order valence-corrected chi connectivity index (χ0v) is 9.96. The van der Waals surface area contributed by atoms with Crippen LogP contribution in [0.25, 0.3) is 0 Å². The molecule has 0 radical (unpaired) electrons. The van der Waals surface area contributed by atoms with Crippen LogP contribution in [0.2, 0.25) is 0 Å². The molecule has 1 aliphatic carbocycles. The fourth-order valence-corrected chi connectivity index (χ4v) is 1.86. The van der Waals surface area contributed by atoms with Crippen molar-refractivity contribution in [3.05, 3.63) is 0 Å². The van der Waals surface area contributed by atoms with E-state index in [1.54, 1.807) is 0 Å². The molecule has 0 aromatic rings. The highest BCUT2D eigenvalue weighted by atomic mass is 16.1. The summed E-state index contributed by atoms with van der Waals surface area (Å²) in [4.78, 5) is 11.8. The predicted molar refractivity (Wildman–Crippen MR) is 62.4 cm³/mol. The first-order valence-electron chi connectivity index (χ1n) is 6.21. The van der Waals surface area contributed by atoms with Crippen LogP contribution >= 0.6 is 0 Å². The summed E-state index contributed by atoms with van der Waals surface area (Å²) in [5.41, 5.74) is 5.55. The number of hydrogen-bond acceptors (Lipinski definition) is 2. The minimum atomic E-state index is -0.00162. The summed E-state index contributed by atoms with van der Waals surface area (Å²) in [5.74, 6) is 1.01. The molecule has 1 rings (SSSR count). The summed E-state index contributed by atoms with van der Waals surface area (Å²) >= 11 is 0. The van der Waals surface area contributed by atoms with Gasteiger partial charge in [-0.1, -0.05) is 26.7 Å². The molecule has 0 heterocycles. The highest BCUT2D eigenvalue weighted by Gasteiger charge is 2.26. The molecule has 3 nitrogen and oxygen atoms in total. The Hall–Kier alpha value is -0.570. The van der Waals surface area contributed by atoms with Crippen molar-refractivity contribution in [2.24, 2.45) is 17.6 Å². The Labute approximate surface area is 92.8 Å². The third-order valence-electron chi connectivity index (χ3n) is 3.30. The van der Waals surface area contributed by atoms with Crippen LogP contribution in [-0.2, 0) is 4.79 Å². The maximum absolute atomic E-state index is 11.8. The average molecular weight is 212 g/mol. The number of nitrogens with two attached hydrogens (primary N) is 1. The van der Waals surface area contributed by atoms with Crippen LogP contribution in [0.15, 0.2) is 0 Å². The highest BCUT2D eigenvalue weighted by molar-refractivity contribution is 5.79. The number of hydrogen-bond donors (Lipinski definition) is 2. The molecular weight excluding hydrogens is 188 g/mol. The largest absolute Gasteiger partial charge is 0.353 e. The van der Waals surface area contributed by atoms with Crippen LogP contribution in [-0.4, -0.2) is 18.5 Å². The minimum Gasteiger partial charge on any atom is -0.353 e. The molecule has 1 aliphatic rings. The summed E-state index contributed by atoms with van der Waals surface area (Å²) in [7, 11) is 0. The van der Waals surface area contributed by atoms with Crippen molar-refractivity contribution in [3.8, 4) is 0 Å². The Balaban J connectivity index is 2.31. The fraction of sp³-hybridized carbons (Fsp3) is 0.917. The van der Waals surface area contributed by atoms with Crippen molar-refractivity contribution in [2.75, 3.05) is 6.54 Å². The van der Waals surface area contributed by atoms with Crippen molar-refractivity contribution in [1.82, 2.24) is 5.32 Å². The SMILES string of the molecule is CCC(CC1CC1)NC(=O)C(CC)CN. The molecule has 0 spiro atoms. The van der Waals surface area contributed by atoms with E-state index in [2.05, 4.69) is 12.2 Å². The monoisotopic (exact) mass is 212 g/mol. The Morgan fingerprint density at radius 1 is 1.40 bits per heavy atom. The van der Waals surface area contributed by atoms with E-state index in [9.17, 15) is 4.79 Å². The Morgan fingerprint density at radius 2 is 2.07 bits per heavy atom. The maximum Gasteiger partial charge on any atom is 0.224 e. The van der Waals surface area contributed by atoms with Gasteiger partial charge in [-0.15, -0.1) is 0 Å².